The van der Waals surface area contributed by atoms with E-state index >= 15 is 0 Å². The Labute approximate surface area is 133 Å². The Bertz CT molecular complexity index is 632. The van der Waals surface area contributed by atoms with Crippen LogP contribution in [0.5, 0.6) is 0 Å². The Balaban J connectivity index is 2.71. The number of nitrogen functional groups attached to an aromatic ring is 1. The third-order valence-corrected chi connectivity index (χ3v) is 4.97. The van der Waals surface area contributed by atoms with E-state index < -0.39 is 10.0 Å². The second kappa shape index (κ2) is 7.10. The Morgan fingerprint density at radius 2 is 1.95 bits per heavy atom. The molecule has 0 spiro atoms. The number of nitrogens with one attached hydrogen (secondary N) is 2. The predicted octanol–water partition coefficient (Wildman–Crippen LogP) is 0.889. The van der Waals surface area contributed by atoms with Gasteiger partial charge in [0.05, 0.1) is 4.90 Å². The van der Waals surface area contributed by atoms with E-state index in [4.69, 9.17) is 5.73 Å². The average Bonchev–Trinajstić information content (AvgIpc) is 2.38. The summed E-state index contributed by atoms with van der Waals surface area (Å²) in [5.41, 5.74) is 6.65. The van der Waals surface area contributed by atoms with Crippen molar-refractivity contribution < 1.29 is 13.2 Å². The van der Waals surface area contributed by atoms with Crippen molar-refractivity contribution in [1.82, 2.24) is 14.9 Å². The first-order valence-electron chi connectivity index (χ1n) is 6.15. The molecule has 1 aromatic rings. The lowest BCUT2D eigenvalue weighted by Gasteiger charge is -2.13. The molecule has 2 amide bonds. The molecule has 0 bridgehead atoms. The number of carbonyl (C=O) groups is 1. The van der Waals surface area contributed by atoms with Crippen LogP contribution in [0, 0.1) is 6.92 Å². The summed E-state index contributed by atoms with van der Waals surface area (Å²) in [6.07, 6.45) is 0. The first-order valence-corrected chi connectivity index (χ1v) is 8.43. The zero-order valence-electron chi connectivity index (χ0n) is 12.1. The molecule has 0 aliphatic heterocycles. The smallest absolute Gasteiger partial charge is 0.316 e. The minimum absolute atomic E-state index is 0.0946. The van der Waals surface area contributed by atoms with Gasteiger partial charge in [0.1, 0.15) is 0 Å². The van der Waals surface area contributed by atoms with Gasteiger partial charge in [0.15, 0.2) is 0 Å². The van der Waals surface area contributed by atoms with Crippen LogP contribution in [0.2, 0.25) is 0 Å². The topological polar surface area (TPSA) is 105 Å². The molecule has 0 atom stereocenters. The molecule has 0 saturated heterocycles. The molecule has 0 saturated carbocycles. The largest absolute Gasteiger partial charge is 0.398 e. The molecule has 0 radical (unpaired) electrons. The van der Waals surface area contributed by atoms with Gasteiger partial charge in [0.25, 0.3) is 0 Å². The number of anilines is 1. The van der Waals surface area contributed by atoms with E-state index in [-0.39, 0.29) is 24.0 Å². The number of amides is 2. The van der Waals surface area contributed by atoms with Crippen LogP contribution in [0.4, 0.5) is 10.5 Å². The third-order valence-electron chi connectivity index (χ3n) is 2.68. The van der Waals surface area contributed by atoms with Crippen LogP contribution in [0.25, 0.3) is 0 Å². The van der Waals surface area contributed by atoms with Crippen molar-refractivity contribution >= 4 is 37.7 Å². The summed E-state index contributed by atoms with van der Waals surface area (Å²) in [6.45, 7) is 1.98. The molecule has 0 aromatic heterocycles. The number of hydrogen-bond acceptors (Lipinski definition) is 4. The number of nitrogens with two attached hydrogens (primary N) is 1. The zero-order valence-corrected chi connectivity index (χ0v) is 14.5. The molecule has 0 fully saturated rings. The molecule has 1 aromatic carbocycles. The summed E-state index contributed by atoms with van der Waals surface area (Å²) in [5.74, 6) is 0. The number of carbonyl (C=O) groups excluding carboxylic acids is 1. The van der Waals surface area contributed by atoms with Gasteiger partial charge in [-0.2, -0.15) is 0 Å². The van der Waals surface area contributed by atoms with Crippen LogP contribution >= 0.6 is 15.9 Å². The summed E-state index contributed by atoms with van der Waals surface area (Å²) in [4.78, 5) is 12.8. The van der Waals surface area contributed by atoms with Crippen LogP contribution in [-0.4, -0.2) is 46.5 Å². The minimum Gasteiger partial charge on any atom is -0.398 e. The summed E-state index contributed by atoms with van der Waals surface area (Å²) in [7, 11) is -0.455. The SMILES string of the molecule is Cc1cc(Br)c(N)cc1S(=O)(=O)NCCNC(=O)N(C)C. The molecular formula is C12H19BrN4O3S. The minimum atomic E-state index is -3.66. The van der Waals surface area contributed by atoms with Crippen LogP contribution in [-0.2, 0) is 10.0 Å². The van der Waals surface area contributed by atoms with Gasteiger partial charge in [0, 0.05) is 37.3 Å². The quantitative estimate of drug-likeness (QED) is 0.522. The predicted molar refractivity (Wildman–Crippen MR) is 85.6 cm³/mol. The molecule has 21 heavy (non-hydrogen) atoms. The summed E-state index contributed by atoms with van der Waals surface area (Å²) in [6, 6.07) is 2.77. The molecule has 7 nitrogen and oxygen atoms in total. The maximum atomic E-state index is 12.2. The van der Waals surface area contributed by atoms with E-state index in [1.807, 2.05) is 0 Å². The normalized spacial score (nSPS) is 11.2. The number of urea groups is 1. The number of sulfonamides is 1. The Hall–Kier alpha value is -1.32. The molecule has 0 aliphatic carbocycles. The van der Waals surface area contributed by atoms with Gasteiger partial charge < -0.3 is 16.0 Å². The standard InChI is InChI=1S/C12H19BrN4O3S/c1-8-6-9(13)10(14)7-11(8)21(19,20)16-5-4-15-12(18)17(2)3/h6-7,16H,4-5,14H2,1-3H3,(H,15,18). The lowest BCUT2D eigenvalue weighted by Crippen LogP contribution is -2.39. The van der Waals surface area contributed by atoms with Crippen LogP contribution in [0.3, 0.4) is 0 Å². The van der Waals surface area contributed by atoms with E-state index in [1.54, 1.807) is 27.1 Å². The Kier molecular flexibility index (Phi) is 5.99. The lowest BCUT2D eigenvalue weighted by molar-refractivity contribution is 0.217. The highest BCUT2D eigenvalue weighted by Gasteiger charge is 2.18. The molecule has 0 heterocycles. The van der Waals surface area contributed by atoms with Gasteiger partial charge in [-0.1, -0.05) is 0 Å². The number of hydrogen-bond donors (Lipinski definition) is 3. The summed E-state index contributed by atoms with van der Waals surface area (Å²) in [5, 5.41) is 2.57. The van der Waals surface area contributed by atoms with Crippen molar-refractivity contribution in [2.24, 2.45) is 0 Å². The van der Waals surface area contributed by atoms with Crippen molar-refractivity contribution in [1.29, 1.82) is 0 Å². The molecule has 1 rings (SSSR count). The molecule has 0 unspecified atom stereocenters. The number of nitrogens with zero attached hydrogens (tertiary/aromatic N) is 1. The fourth-order valence-electron chi connectivity index (χ4n) is 1.55. The fourth-order valence-corrected chi connectivity index (χ4v) is 3.30. The van der Waals surface area contributed by atoms with E-state index in [9.17, 15) is 13.2 Å². The van der Waals surface area contributed by atoms with Gasteiger partial charge >= 0.3 is 6.03 Å². The van der Waals surface area contributed by atoms with Crippen molar-refractivity contribution in [2.75, 3.05) is 32.9 Å². The van der Waals surface area contributed by atoms with Crippen LogP contribution in [0.15, 0.2) is 21.5 Å². The van der Waals surface area contributed by atoms with E-state index in [2.05, 4.69) is 26.0 Å². The molecular weight excluding hydrogens is 360 g/mol. The molecule has 9 heteroatoms. The van der Waals surface area contributed by atoms with Gasteiger partial charge in [-0.05, 0) is 40.5 Å². The highest BCUT2D eigenvalue weighted by Crippen LogP contribution is 2.26. The van der Waals surface area contributed by atoms with E-state index in [0.717, 1.165) is 0 Å². The second-order valence-electron chi connectivity index (χ2n) is 4.66. The number of aryl methyl sites for hydroxylation is 1. The van der Waals surface area contributed by atoms with Crippen molar-refractivity contribution in [3.8, 4) is 0 Å². The van der Waals surface area contributed by atoms with Crippen molar-refractivity contribution in [2.45, 2.75) is 11.8 Å². The molecule has 4 N–H and O–H groups in total. The van der Waals surface area contributed by atoms with Crippen molar-refractivity contribution in [3.63, 3.8) is 0 Å². The maximum absolute atomic E-state index is 12.2. The fraction of sp³-hybridized carbons (Fsp3) is 0.417. The highest BCUT2D eigenvalue weighted by atomic mass is 79.9. The lowest BCUT2D eigenvalue weighted by atomic mass is 10.2. The van der Waals surface area contributed by atoms with Gasteiger partial charge in [0.2, 0.25) is 10.0 Å². The Morgan fingerprint density at radius 3 is 2.52 bits per heavy atom. The first-order chi connectivity index (χ1) is 9.65. The number of rotatable bonds is 5. The second-order valence-corrected chi connectivity index (χ2v) is 7.25. The monoisotopic (exact) mass is 378 g/mol. The van der Waals surface area contributed by atoms with Gasteiger partial charge in [-0.15, -0.1) is 0 Å². The first kappa shape index (κ1) is 17.7. The van der Waals surface area contributed by atoms with Gasteiger partial charge in [-0.25, -0.2) is 17.9 Å². The summed E-state index contributed by atoms with van der Waals surface area (Å²) < 4.78 is 27.5. The van der Waals surface area contributed by atoms with Crippen LogP contribution in [0.1, 0.15) is 5.56 Å². The molecule has 0 aliphatic rings. The molecule has 118 valence electrons. The number of halogens is 1. The zero-order chi connectivity index (χ0) is 16.2. The van der Waals surface area contributed by atoms with E-state index in [1.165, 1.54) is 11.0 Å². The average molecular weight is 379 g/mol. The highest BCUT2D eigenvalue weighted by molar-refractivity contribution is 9.10. The van der Waals surface area contributed by atoms with Gasteiger partial charge in [-0.3, -0.25) is 0 Å². The Morgan fingerprint density at radius 1 is 1.33 bits per heavy atom. The number of benzene rings is 1. The third kappa shape index (κ3) is 4.87. The maximum Gasteiger partial charge on any atom is 0.316 e. The van der Waals surface area contributed by atoms with Crippen LogP contribution < -0.4 is 15.8 Å². The van der Waals surface area contributed by atoms with E-state index in [0.29, 0.717) is 15.7 Å². The van der Waals surface area contributed by atoms with Crippen molar-refractivity contribution in [3.05, 3.63) is 22.2 Å². The summed E-state index contributed by atoms with van der Waals surface area (Å²) >= 11 is 3.25.